The zero-order chi connectivity index (χ0) is 13.7. The lowest BCUT2D eigenvalue weighted by Crippen LogP contribution is -2.21. The first kappa shape index (κ1) is 14.9. The Kier molecular flexibility index (Phi) is 5.50. The molecule has 0 radical (unpaired) electrons. The van der Waals surface area contributed by atoms with Crippen molar-refractivity contribution in [2.75, 3.05) is 27.0 Å². The van der Waals surface area contributed by atoms with E-state index in [1.165, 1.54) is 0 Å². The van der Waals surface area contributed by atoms with Crippen LogP contribution in [-0.2, 0) is 0 Å². The number of carbonyl (C=O) groups is 1. The van der Waals surface area contributed by atoms with Crippen LogP contribution in [0.5, 0.6) is 11.5 Å². The Labute approximate surface area is 112 Å². The van der Waals surface area contributed by atoms with Gasteiger partial charge in [-0.1, -0.05) is 6.92 Å². The van der Waals surface area contributed by atoms with Crippen LogP contribution in [0.25, 0.3) is 0 Å². The van der Waals surface area contributed by atoms with E-state index in [4.69, 9.17) is 15.2 Å². The number of methoxy groups -OCH3 is 2. The van der Waals surface area contributed by atoms with Gasteiger partial charge in [-0.15, -0.1) is 11.8 Å². The number of hydrogen-bond acceptors (Lipinski definition) is 5. The lowest BCUT2D eigenvalue weighted by molar-refractivity contribution is 0.0930. The number of hydrogen-bond donors (Lipinski definition) is 1. The molecule has 0 aliphatic heterocycles. The highest BCUT2D eigenvalue weighted by atomic mass is 32.2. The SMILES string of the molecule is COc1cc(C(=O)C(C)CN)c(OC)cc1SC. The molecule has 1 unspecified atom stereocenters. The van der Waals surface area contributed by atoms with Gasteiger partial charge in [0.05, 0.1) is 24.7 Å². The first-order valence-corrected chi connectivity index (χ1v) is 6.85. The summed E-state index contributed by atoms with van der Waals surface area (Å²) in [5.74, 6) is 0.977. The maximum Gasteiger partial charge on any atom is 0.170 e. The summed E-state index contributed by atoms with van der Waals surface area (Å²) in [4.78, 5) is 13.1. The van der Waals surface area contributed by atoms with E-state index >= 15 is 0 Å². The summed E-state index contributed by atoms with van der Waals surface area (Å²) in [6.07, 6.45) is 1.95. The fraction of sp³-hybridized carbons (Fsp3) is 0.462. The number of ketones is 1. The number of Topliss-reactive ketones (excluding diaryl/α,β-unsaturated/α-hetero) is 1. The van der Waals surface area contributed by atoms with Crippen molar-refractivity contribution >= 4 is 17.5 Å². The van der Waals surface area contributed by atoms with Gasteiger partial charge in [0.1, 0.15) is 11.5 Å². The first-order chi connectivity index (χ1) is 8.58. The minimum atomic E-state index is -0.233. The predicted octanol–water partition coefficient (Wildman–Crippen LogP) is 2.20. The van der Waals surface area contributed by atoms with Crippen LogP contribution in [0, 0.1) is 5.92 Å². The van der Waals surface area contributed by atoms with Crippen molar-refractivity contribution in [3.63, 3.8) is 0 Å². The Morgan fingerprint density at radius 2 is 1.94 bits per heavy atom. The molecule has 18 heavy (non-hydrogen) atoms. The van der Waals surface area contributed by atoms with E-state index < -0.39 is 0 Å². The van der Waals surface area contributed by atoms with Crippen molar-refractivity contribution < 1.29 is 14.3 Å². The highest BCUT2D eigenvalue weighted by molar-refractivity contribution is 7.98. The minimum Gasteiger partial charge on any atom is -0.496 e. The van der Waals surface area contributed by atoms with Gasteiger partial charge in [-0.2, -0.15) is 0 Å². The van der Waals surface area contributed by atoms with Crippen LogP contribution < -0.4 is 15.2 Å². The molecule has 1 aromatic rings. The second-order valence-corrected chi connectivity index (χ2v) is 4.76. The molecule has 0 aliphatic carbocycles. The van der Waals surface area contributed by atoms with Gasteiger partial charge in [-0.3, -0.25) is 4.79 Å². The fourth-order valence-electron chi connectivity index (χ4n) is 1.59. The molecule has 0 amide bonds. The zero-order valence-electron chi connectivity index (χ0n) is 11.1. The van der Waals surface area contributed by atoms with E-state index in [1.807, 2.05) is 12.3 Å². The monoisotopic (exact) mass is 269 g/mol. The summed E-state index contributed by atoms with van der Waals surface area (Å²) in [6.45, 7) is 2.12. The molecule has 0 aromatic heterocycles. The van der Waals surface area contributed by atoms with Gasteiger partial charge in [0, 0.05) is 12.5 Å². The maximum absolute atomic E-state index is 12.2. The lowest BCUT2D eigenvalue weighted by atomic mass is 9.98. The highest BCUT2D eigenvalue weighted by Crippen LogP contribution is 2.35. The van der Waals surface area contributed by atoms with Crippen LogP contribution in [0.15, 0.2) is 17.0 Å². The van der Waals surface area contributed by atoms with Crippen molar-refractivity contribution in [3.05, 3.63) is 17.7 Å². The fourth-order valence-corrected chi connectivity index (χ4v) is 2.16. The molecule has 1 rings (SSSR count). The van der Waals surface area contributed by atoms with Gasteiger partial charge < -0.3 is 15.2 Å². The van der Waals surface area contributed by atoms with E-state index in [2.05, 4.69) is 0 Å². The van der Waals surface area contributed by atoms with Gasteiger partial charge in [0.25, 0.3) is 0 Å². The molecule has 1 atom stereocenters. The standard InChI is InChI=1S/C13H19NO3S/c1-8(7-14)13(15)9-5-11(17-3)12(18-4)6-10(9)16-2/h5-6,8H,7,14H2,1-4H3. The second-order valence-electron chi connectivity index (χ2n) is 3.91. The van der Waals surface area contributed by atoms with Gasteiger partial charge in [-0.05, 0) is 18.4 Å². The van der Waals surface area contributed by atoms with Gasteiger partial charge >= 0.3 is 0 Å². The largest absolute Gasteiger partial charge is 0.496 e. The Morgan fingerprint density at radius 3 is 2.39 bits per heavy atom. The number of ether oxygens (including phenoxy) is 2. The van der Waals surface area contributed by atoms with E-state index in [0.717, 1.165) is 4.90 Å². The summed E-state index contributed by atoms with van der Waals surface area (Å²) in [5, 5.41) is 0. The molecule has 0 heterocycles. The Balaban J connectivity index is 3.29. The number of benzene rings is 1. The Morgan fingerprint density at radius 1 is 1.33 bits per heavy atom. The molecule has 2 N–H and O–H groups in total. The molecule has 5 heteroatoms. The quantitative estimate of drug-likeness (QED) is 0.633. The molecular weight excluding hydrogens is 250 g/mol. The van der Waals surface area contributed by atoms with Crippen LogP contribution in [0.1, 0.15) is 17.3 Å². The molecule has 0 saturated heterocycles. The minimum absolute atomic E-state index is 0.0275. The molecule has 1 aromatic carbocycles. The van der Waals surface area contributed by atoms with Crippen molar-refractivity contribution in [2.24, 2.45) is 11.7 Å². The Hall–Kier alpha value is -1.20. The van der Waals surface area contributed by atoms with Crippen LogP contribution in [0.3, 0.4) is 0 Å². The predicted molar refractivity (Wildman–Crippen MR) is 73.9 cm³/mol. The first-order valence-electron chi connectivity index (χ1n) is 5.63. The van der Waals surface area contributed by atoms with E-state index in [1.54, 1.807) is 39.0 Å². The summed E-state index contributed by atoms with van der Waals surface area (Å²) in [5.41, 5.74) is 6.05. The van der Waals surface area contributed by atoms with Crippen LogP contribution in [-0.4, -0.2) is 32.8 Å². The average molecular weight is 269 g/mol. The van der Waals surface area contributed by atoms with Crippen LogP contribution in [0.2, 0.25) is 0 Å². The number of thioether (sulfide) groups is 1. The summed E-state index contributed by atoms with van der Waals surface area (Å²) < 4.78 is 10.6. The van der Waals surface area contributed by atoms with Gasteiger partial charge in [-0.25, -0.2) is 0 Å². The summed E-state index contributed by atoms with van der Waals surface area (Å²) >= 11 is 1.54. The molecule has 0 saturated carbocycles. The molecule has 100 valence electrons. The molecule has 0 bridgehead atoms. The second kappa shape index (κ2) is 6.66. The highest BCUT2D eigenvalue weighted by Gasteiger charge is 2.20. The van der Waals surface area contributed by atoms with Crippen molar-refractivity contribution in [1.29, 1.82) is 0 Å². The third kappa shape index (κ3) is 2.97. The lowest BCUT2D eigenvalue weighted by Gasteiger charge is -2.15. The smallest absolute Gasteiger partial charge is 0.170 e. The molecule has 4 nitrogen and oxygen atoms in total. The van der Waals surface area contributed by atoms with E-state index in [0.29, 0.717) is 23.6 Å². The normalized spacial score (nSPS) is 12.1. The number of carbonyl (C=O) groups excluding carboxylic acids is 1. The molecule has 0 aliphatic rings. The third-order valence-corrected chi connectivity index (χ3v) is 3.53. The summed E-state index contributed by atoms with van der Waals surface area (Å²) in [6, 6.07) is 3.54. The van der Waals surface area contributed by atoms with Crippen molar-refractivity contribution in [3.8, 4) is 11.5 Å². The topological polar surface area (TPSA) is 61.5 Å². The molecular formula is C13H19NO3S. The number of nitrogens with two attached hydrogens (primary N) is 1. The molecule has 0 spiro atoms. The van der Waals surface area contributed by atoms with E-state index in [9.17, 15) is 4.79 Å². The molecule has 0 fully saturated rings. The maximum atomic E-state index is 12.2. The van der Waals surface area contributed by atoms with Gasteiger partial charge in [0.2, 0.25) is 0 Å². The number of rotatable bonds is 6. The Bertz CT molecular complexity index is 434. The van der Waals surface area contributed by atoms with Crippen LogP contribution >= 0.6 is 11.8 Å². The van der Waals surface area contributed by atoms with Gasteiger partial charge in [0.15, 0.2) is 5.78 Å². The zero-order valence-corrected chi connectivity index (χ0v) is 12.0. The van der Waals surface area contributed by atoms with Crippen molar-refractivity contribution in [1.82, 2.24) is 0 Å². The van der Waals surface area contributed by atoms with Crippen molar-refractivity contribution in [2.45, 2.75) is 11.8 Å². The average Bonchev–Trinajstić information content (AvgIpc) is 2.43. The van der Waals surface area contributed by atoms with E-state index in [-0.39, 0.29) is 11.7 Å². The summed E-state index contributed by atoms with van der Waals surface area (Å²) in [7, 11) is 3.14. The third-order valence-electron chi connectivity index (χ3n) is 2.77. The van der Waals surface area contributed by atoms with Crippen LogP contribution in [0.4, 0.5) is 0 Å².